The van der Waals surface area contributed by atoms with Crippen LogP contribution >= 0.6 is 15.9 Å². The number of rotatable bonds is 3. The highest BCUT2D eigenvalue weighted by atomic mass is 79.9. The first-order valence-electron chi connectivity index (χ1n) is 8.63. The number of carbonyl (C=O) groups is 2. The summed E-state index contributed by atoms with van der Waals surface area (Å²) in [5.74, 6) is -0.829. The molecule has 9 heteroatoms. The van der Waals surface area contributed by atoms with Gasteiger partial charge in [-0.3, -0.25) is 9.59 Å². The van der Waals surface area contributed by atoms with Crippen molar-refractivity contribution in [1.82, 2.24) is 9.88 Å². The van der Waals surface area contributed by atoms with Crippen LogP contribution in [0.25, 0.3) is 0 Å². The van der Waals surface area contributed by atoms with Crippen molar-refractivity contribution in [2.45, 2.75) is 19.0 Å². The third-order valence-electron chi connectivity index (χ3n) is 4.49. The molecule has 1 aromatic heterocycles. The van der Waals surface area contributed by atoms with E-state index in [2.05, 4.69) is 26.2 Å². The van der Waals surface area contributed by atoms with Crippen molar-refractivity contribution in [1.29, 1.82) is 0 Å². The van der Waals surface area contributed by atoms with Gasteiger partial charge < -0.3 is 10.2 Å². The standard InChI is InChI=1S/C19H17BrF3N3O2/c20-15-6-7-16(24-10-15)25-17(27)13-4-2-8-26(11-13)18(28)12-3-1-5-14(9-12)19(21,22)23/h1,3,5-7,9-10,13H,2,4,8,11H2,(H,24,25,27). The molecule has 0 saturated carbocycles. The van der Waals surface area contributed by atoms with Crippen LogP contribution in [0.3, 0.4) is 0 Å². The second-order valence-electron chi connectivity index (χ2n) is 6.52. The number of anilines is 1. The van der Waals surface area contributed by atoms with Gasteiger partial charge in [-0.05, 0) is 59.1 Å². The summed E-state index contributed by atoms with van der Waals surface area (Å²) >= 11 is 3.26. The number of amides is 2. The third-order valence-corrected chi connectivity index (χ3v) is 4.96. The van der Waals surface area contributed by atoms with Crippen LogP contribution in [-0.4, -0.2) is 34.8 Å². The molecular weight excluding hydrogens is 439 g/mol. The third kappa shape index (κ3) is 4.89. The molecule has 2 amide bonds. The summed E-state index contributed by atoms with van der Waals surface area (Å²) < 4.78 is 39.4. The van der Waals surface area contributed by atoms with Gasteiger partial charge in [0, 0.05) is 29.3 Å². The van der Waals surface area contributed by atoms with Gasteiger partial charge in [-0.1, -0.05) is 6.07 Å². The molecule has 1 atom stereocenters. The number of hydrogen-bond acceptors (Lipinski definition) is 3. The highest BCUT2D eigenvalue weighted by Gasteiger charge is 2.33. The van der Waals surface area contributed by atoms with Gasteiger partial charge in [0.15, 0.2) is 0 Å². The molecule has 5 nitrogen and oxygen atoms in total. The molecule has 0 spiro atoms. The number of nitrogens with one attached hydrogen (secondary N) is 1. The van der Waals surface area contributed by atoms with Crippen molar-refractivity contribution in [2.75, 3.05) is 18.4 Å². The minimum Gasteiger partial charge on any atom is -0.338 e. The van der Waals surface area contributed by atoms with Gasteiger partial charge in [-0.15, -0.1) is 0 Å². The molecule has 0 aliphatic carbocycles. The second kappa shape index (κ2) is 8.30. The van der Waals surface area contributed by atoms with Gasteiger partial charge in [0.2, 0.25) is 5.91 Å². The number of likely N-dealkylation sites (tertiary alicyclic amines) is 1. The van der Waals surface area contributed by atoms with Crippen LogP contribution in [0.5, 0.6) is 0 Å². The Balaban J connectivity index is 1.68. The molecule has 1 fully saturated rings. The largest absolute Gasteiger partial charge is 0.416 e. The van der Waals surface area contributed by atoms with E-state index in [-0.39, 0.29) is 18.0 Å². The van der Waals surface area contributed by atoms with E-state index in [0.29, 0.717) is 25.2 Å². The van der Waals surface area contributed by atoms with Crippen LogP contribution in [0.1, 0.15) is 28.8 Å². The minimum atomic E-state index is -4.52. The van der Waals surface area contributed by atoms with Crippen LogP contribution < -0.4 is 5.32 Å². The number of piperidine rings is 1. The number of nitrogens with zero attached hydrogens (tertiary/aromatic N) is 2. The first-order valence-corrected chi connectivity index (χ1v) is 9.42. The van der Waals surface area contributed by atoms with Crippen LogP contribution in [-0.2, 0) is 11.0 Å². The number of aromatic nitrogens is 1. The number of pyridine rings is 1. The van der Waals surface area contributed by atoms with Gasteiger partial charge in [0.1, 0.15) is 5.82 Å². The van der Waals surface area contributed by atoms with Crippen molar-refractivity contribution in [3.05, 3.63) is 58.2 Å². The van der Waals surface area contributed by atoms with Gasteiger partial charge in [0.25, 0.3) is 5.91 Å². The van der Waals surface area contributed by atoms with E-state index in [4.69, 9.17) is 0 Å². The topological polar surface area (TPSA) is 62.3 Å². The average Bonchev–Trinajstić information content (AvgIpc) is 2.68. The van der Waals surface area contributed by atoms with Crippen LogP contribution in [0, 0.1) is 5.92 Å². The molecule has 0 radical (unpaired) electrons. The molecule has 2 aromatic rings. The van der Waals surface area contributed by atoms with E-state index in [1.54, 1.807) is 18.3 Å². The maximum absolute atomic E-state index is 12.9. The van der Waals surface area contributed by atoms with E-state index in [1.165, 1.54) is 17.0 Å². The predicted octanol–water partition coefficient (Wildman–Crippen LogP) is 4.35. The highest BCUT2D eigenvalue weighted by molar-refractivity contribution is 9.10. The molecule has 28 heavy (non-hydrogen) atoms. The molecule has 1 aliphatic rings. The van der Waals surface area contributed by atoms with Crippen LogP contribution in [0.2, 0.25) is 0 Å². The normalized spacial score (nSPS) is 17.3. The Hall–Kier alpha value is -2.42. The zero-order valence-corrected chi connectivity index (χ0v) is 16.3. The number of benzene rings is 1. The molecule has 1 saturated heterocycles. The zero-order chi connectivity index (χ0) is 20.3. The van der Waals surface area contributed by atoms with Crippen LogP contribution in [0.4, 0.5) is 19.0 Å². The van der Waals surface area contributed by atoms with E-state index < -0.39 is 23.6 Å². The Labute approximate surface area is 168 Å². The fourth-order valence-corrected chi connectivity index (χ4v) is 3.30. The number of carbonyl (C=O) groups excluding carboxylic acids is 2. The maximum Gasteiger partial charge on any atom is 0.416 e. The average molecular weight is 456 g/mol. The number of alkyl halides is 3. The Morgan fingerprint density at radius 1 is 1.21 bits per heavy atom. The van der Waals surface area contributed by atoms with Crippen molar-refractivity contribution < 1.29 is 22.8 Å². The monoisotopic (exact) mass is 455 g/mol. The van der Waals surface area contributed by atoms with E-state index in [1.807, 2.05) is 0 Å². The Bertz CT molecular complexity index is 871. The van der Waals surface area contributed by atoms with Crippen molar-refractivity contribution in [2.24, 2.45) is 5.92 Å². The molecule has 1 N–H and O–H groups in total. The summed E-state index contributed by atoms with van der Waals surface area (Å²) in [6, 6.07) is 7.73. The first-order chi connectivity index (χ1) is 13.2. The smallest absolute Gasteiger partial charge is 0.338 e. The quantitative estimate of drug-likeness (QED) is 0.747. The second-order valence-corrected chi connectivity index (χ2v) is 7.44. The summed E-state index contributed by atoms with van der Waals surface area (Å²) in [5.41, 5.74) is -0.906. The van der Waals surface area contributed by atoms with Gasteiger partial charge in [0.05, 0.1) is 11.5 Å². The van der Waals surface area contributed by atoms with Crippen molar-refractivity contribution in [3.63, 3.8) is 0 Å². The maximum atomic E-state index is 12.9. The van der Waals surface area contributed by atoms with Crippen molar-refractivity contribution in [3.8, 4) is 0 Å². The summed E-state index contributed by atoms with van der Waals surface area (Å²) in [4.78, 5) is 30.7. The van der Waals surface area contributed by atoms with Crippen molar-refractivity contribution >= 4 is 33.6 Å². The first kappa shape index (κ1) is 20.3. The molecule has 1 aromatic carbocycles. The highest BCUT2D eigenvalue weighted by Crippen LogP contribution is 2.30. The lowest BCUT2D eigenvalue weighted by Gasteiger charge is -2.32. The van der Waals surface area contributed by atoms with Gasteiger partial charge in [-0.25, -0.2) is 4.98 Å². The number of hydrogen-bond donors (Lipinski definition) is 1. The molecule has 3 rings (SSSR count). The van der Waals surface area contributed by atoms with Gasteiger partial charge >= 0.3 is 6.18 Å². The fraction of sp³-hybridized carbons (Fsp3) is 0.316. The lowest BCUT2D eigenvalue weighted by molar-refractivity contribution is -0.137. The predicted molar refractivity (Wildman–Crippen MR) is 101 cm³/mol. The molecular formula is C19H17BrF3N3O2. The Kier molecular flexibility index (Phi) is 6.02. The molecule has 148 valence electrons. The Morgan fingerprint density at radius 3 is 2.68 bits per heavy atom. The van der Waals surface area contributed by atoms with E-state index in [9.17, 15) is 22.8 Å². The van der Waals surface area contributed by atoms with Gasteiger partial charge in [-0.2, -0.15) is 13.2 Å². The zero-order valence-electron chi connectivity index (χ0n) is 14.7. The minimum absolute atomic E-state index is 0.0366. The fourth-order valence-electron chi connectivity index (χ4n) is 3.06. The lowest BCUT2D eigenvalue weighted by Crippen LogP contribution is -2.43. The molecule has 0 bridgehead atoms. The van der Waals surface area contributed by atoms with E-state index in [0.717, 1.165) is 16.6 Å². The SMILES string of the molecule is O=C(Nc1ccc(Br)cn1)C1CCCN(C(=O)c2cccc(C(F)(F)F)c2)C1. The van der Waals surface area contributed by atoms with E-state index >= 15 is 0 Å². The molecule has 1 unspecified atom stereocenters. The summed E-state index contributed by atoms with van der Waals surface area (Å²) in [6.07, 6.45) is -1.77. The molecule has 2 heterocycles. The molecule has 1 aliphatic heterocycles. The summed E-state index contributed by atoms with van der Waals surface area (Å²) in [7, 11) is 0. The summed E-state index contributed by atoms with van der Waals surface area (Å²) in [6.45, 7) is 0.548. The van der Waals surface area contributed by atoms with Crippen LogP contribution in [0.15, 0.2) is 47.1 Å². The summed E-state index contributed by atoms with van der Waals surface area (Å²) in [5, 5.41) is 2.71. The lowest BCUT2D eigenvalue weighted by atomic mass is 9.96. The Morgan fingerprint density at radius 2 is 2.00 bits per heavy atom. The number of halogens is 4.